The molecule has 2 aromatic carbocycles. The molecule has 5 nitrogen and oxygen atoms in total. The second-order valence-corrected chi connectivity index (χ2v) is 6.04. The van der Waals surface area contributed by atoms with E-state index in [0.29, 0.717) is 13.2 Å². The van der Waals surface area contributed by atoms with Crippen molar-refractivity contribution in [2.45, 2.75) is 18.8 Å². The van der Waals surface area contributed by atoms with Gasteiger partial charge in [0.05, 0.1) is 13.2 Å². The molecule has 0 saturated heterocycles. The summed E-state index contributed by atoms with van der Waals surface area (Å²) in [5, 5.41) is 16.2. The van der Waals surface area contributed by atoms with Crippen molar-refractivity contribution in [1.29, 1.82) is 0 Å². The molecule has 0 bridgehead atoms. The zero-order valence-corrected chi connectivity index (χ0v) is 18.1. The molecule has 0 amide bonds. The van der Waals surface area contributed by atoms with Gasteiger partial charge in [-0.25, -0.2) is 0 Å². The highest BCUT2D eigenvalue weighted by molar-refractivity contribution is 14.0. The Labute approximate surface area is 179 Å². The summed E-state index contributed by atoms with van der Waals surface area (Å²) in [4.78, 5) is 4.23. The number of nitrogens with one attached hydrogen (secondary N) is 2. The summed E-state index contributed by atoms with van der Waals surface area (Å²) >= 11 is 0. The number of nitrogens with zero attached hydrogens (tertiary/aromatic N) is 1. The highest BCUT2D eigenvalue weighted by Crippen LogP contribution is 2.13. The lowest BCUT2D eigenvalue weighted by atomic mass is 10.0. The van der Waals surface area contributed by atoms with Crippen LogP contribution < -0.4 is 15.4 Å². The van der Waals surface area contributed by atoms with E-state index in [9.17, 15) is 5.11 Å². The predicted octanol–water partition coefficient (Wildman–Crippen LogP) is 3.40. The minimum atomic E-state index is 0. The van der Waals surface area contributed by atoms with Crippen LogP contribution in [0.2, 0.25) is 0 Å². The Morgan fingerprint density at radius 3 is 2.30 bits per heavy atom. The Bertz CT molecular complexity index is 638. The summed E-state index contributed by atoms with van der Waals surface area (Å²) in [7, 11) is 1.75. The molecule has 0 aliphatic rings. The van der Waals surface area contributed by atoms with E-state index < -0.39 is 0 Å². The first-order valence-electron chi connectivity index (χ1n) is 9.11. The molecule has 3 N–H and O–H groups in total. The van der Waals surface area contributed by atoms with Crippen LogP contribution in [0, 0.1) is 0 Å². The summed E-state index contributed by atoms with van der Waals surface area (Å²) in [5.74, 6) is 1.71. The van der Waals surface area contributed by atoms with Gasteiger partial charge >= 0.3 is 0 Å². The van der Waals surface area contributed by atoms with E-state index >= 15 is 0 Å². The molecule has 148 valence electrons. The topological polar surface area (TPSA) is 65.9 Å². The third-order valence-corrected chi connectivity index (χ3v) is 4.11. The SMILES string of the molecule is CN=C(NCCCCOc1ccccc1)NCC(CO)c1ccccc1.I. The highest BCUT2D eigenvalue weighted by Gasteiger charge is 2.10. The standard InChI is InChI=1S/C21H29N3O2.HI/c1-22-21(24-16-19(17-25)18-10-4-2-5-11-18)23-14-8-9-15-26-20-12-6-3-7-13-20;/h2-7,10-13,19,25H,8-9,14-17H2,1H3,(H2,22,23,24);1H. The molecule has 0 aliphatic carbocycles. The number of aliphatic hydroxyl groups excluding tert-OH is 1. The molecular weight excluding hydrogens is 453 g/mol. The third-order valence-electron chi connectivity index (χ3n) is 4.11. The van der Waals surface area contributed by atoms with Crippen LogP contribution >= 0.6 is 24.0 Å². The minimum absolute atomic E-state index is 0. The van der Waals surface area contributed by atoms with Gasteiger partial charge in [0.15, 0.2) is 5.96 Å². The average Bonchev–Trinajstić information content (AvgIpc) is 2.71. The molecule has 0 aliphatic heterocycles. The summed E-state index contributed by atoms with van der Waals surface area (Å²) in [6, 6.07) is 19.9. The molecule has 6 heteroatoms. The van der Waals surface area contributed by atoms with Gasteiger partial charge in [0.25, 0.3) is 0 Å². The summed E-state index contributed by atoms with van der Waals surface area (Å²) < 4.78 is 5.68. The van der Waals surface area contributed by atoms with Crippen molar-refractivity contribution in [3.63, 3.8) is 0 Å². The Morgan fingerprint density at radius 2 is 1.67 bits per heavy atom. The van der Waals surface area contributed by atoms with E-state index in [-0.39, 0.29) is 36.5 Å². The molecule has 27 heavy (non-hydrogen) atoms. The Morgan fingerprint density at radius 1 is 1.00 bits per heavy atom. The zero-order chi connectivity index (χ0) is 18.5. The van der Waals surface area contributed by atoms with Crippen LogP contribution in [0.5, 0.6) is 5.75 Å². The molecule has 1 atom stereocenters. The summed E-state index contributed by atoms with van der Waals surface area (Å²) in [6.07, 6.45) is 1.97. The maximum atomic E-state index is 9.62. The number of halogens is 1. The fraction of sp³-hybridized carbons (Fsp3) is 0.381. The Hall–Kier alpha value is -1.80. The number of ether oxygens (including phenoxy) is 1. The molecule has 2 rings (SSSR count). The molecule has 0 spiro atoms. The molecule has 0 saturated carbocycles. The van der Waals surface area contributed by atoms with E-state index in [2.05, 4.69) is 15.6 Å². The number of aliphatic hydroxyl groups is 1. The number of rotatable bonds is 10. The van der Waals surface area contributed by atoms with E-state index in [1.165, 1.54) is 0 Å². The van der Waals surface area contributed by atoms with E-state index in [0.717, 1.165) is 36.7 Å². The Kier molecular flexibility index (Phi) is 12.3. The Balaban J connectivity index is 0.00000364. The second kappa shape index (κ2) is 14.3. The van der Waals surface area contributed by atoms with E-state index in [1.54, 1.807) is 7.05 Å². The van der Waals surface area contributed by atoms with Crippen molar-refractivity contribution in [3.8, 4) is 5.75 Å². The first-order valence-corrected chi connectivity index (χ1v) is 9.11. The quantitative estimate of drug-likeness (QED) is 0.210. The number of para-hydroxylation sites is 1. The number of hydrogen-bond acceptors (Lipinski definition) is 3. The van der Waals surface area contributed by atoms with Crippen molar-refractivity contribution in [3.05, 3.63) is 66.2 Å². The molecule has 0 fully saturated rings. The van der Waals surface area contributed by atoms with Crippen molar-refractivity contribution < 1.29 is 9.84 Å². The zero-order valence-electron chi connectivity index (χ0n) is 15.8. The van der Waals surface area contributed by atoms with Gasteiger partial charge in [0, 0.05) is 26.1 Å². The maximum Gasteiger partial charge on any atom is 0.190 e. The minimum Gasteiger partial charge on any atom is -0.494 e. The van der Waals surface area contributed by atoms with Crippen molar-refractivity contribution in [1.82, 2.24) is 10.6 Å². The fourth-order valence-corrected chi connectivity index (χ4v) is 2.59. The number of aliphatic imine (C=N–C) groups is 1. The lowest BCUT2D eigenvalue weighted by Gasteiger charge is -2.18. The van der Waals surface area contributed by atoms with Crippen LogP contribution in [0.4, 0.5) is 0 Å². The van der Waals surface area contributed by atoms with Crippen molar-refractivity contribution >= 4 is 29.9 Å². The van der Waals surface area contributed by atoms with Gasteiger partial charge < -0.3 is 20.5 Å². The molecular formula is C21H30IN3O2. The number of hydrogen-bond donors (Lipinski definition) is 3. The molecule has 0 aromatic heterocycles. The molecule has 1 unspecified atom stereocenters. The van der Waals surface area contributed by atoms with Gasteiger partial charge in [-0.3, -0.25) is 4.99 Å². The van der Waals surface area contributed by atoms with E-state index in [1.807, 2.05) is 60.7 Å². The normalized spacial score (nSPS) is 12.0. The second-order valence-electron chi connectivity index (χ2n) is 6.04. The van der Waals surface area contributed by atoms with Crippen LogP contribution in [0.15, 0.2) is 65.7 Å². The summed E-state index contributed by atoms with van der Waals surface area (Å²) in [5.41, 5.74) is 1.12. The van der Waals surface area contributed by atoms with Gasteiger partial charge in [-0.1, -0.05) is 48.5 Å². The lowest BCUT2D eigenvalue weighted by molar-refractivity contribution is 0.265. The van der Waals surface area contributed by atoms with Crippen LogP contribution in [-0.4, -0.2) is 44.4 Å². The maximum absolute atomic E-state index is 9.62. The lowest BCUT2D eigenvalue weighted by Crippen LogP contribution is -2.40. The molecule has 0 heterocycles. The molecule has 0 radical (unpaired) electrons. The average molecular weight is 483 g/mol. The monoisotopic (exact) mass is 483 g/mol. The largest absolute Gasteiger partial charge is 0.494 e. The van der Waals surface area contributed by atoms with Crippen LogP contribution in [0.3, 0.4) is 0 Å². The fourth-order valence-electron chi connectivity index (χ4n) is 2.59. The van der Waals surface area contributed by atoms with Crippen LogP contribution in [0.1, 0.15) is 24.3 Å². The molecule has 2 aromatic rings. The van der Waals surface area contributed by atoms with Gasteiger partial charge in [-0.05, 0) is 30.5 Å². The van der Waals surface area contributed by atoms with Crippen LogP contribution in [-0.2, 0) is 0 Å². The highest BCUT2D eigenvalue weighted by atomic mass is 127. The van der Waals surface area contributed by atoms with Crippen molar-refractivity contribution in [2.24, 2.45) is 4.99 Å². The third kappa shape index (κ3) is 9.10. The van der Waals surface area contributed by atoms with Crippen LogP contribution in [0.25, 0.3) is 0 Å². The van der Waals surface area contributed by atoms with Crippen molar-refractivity contribution in [2.75, 3.05) is 33.4 Å². The van der Waals surface area contributed by atoms with E-state index in [4.69, 9.17) is 4.74 Å². The van der Waals surface area contributed by atoms with Gasteiger partial charge in [-0.2, -0.15) is 0 Å². The predicted molar refractivity (Wildman–Crippen MR) is 122 cm³/mol. The number of unbranched alkanes of at least 4 members (excludes halogenated alkanes) is 1. The van der Waals surface area contributed by atoms with Gasteiger partial charge in [0.1, 0.15) is 5.75 Å². The number of guanidine groups is 1. The summed E-state index contributed by atoms with van der Waals surface area (Å²) in [6.45, 7) is 2.27. The first-order chi connectivity index (χ1) is 12.8. The van der Waals surface area contributed by atoms with Gasteiger partial charge in [-0.15, -0.1) is 24.0 Å². The first kappa shape index (κ1) is 23.2. The van der Waals surface area contributed by atoms with Gasteiger partial charge in [0.2, 0.25) is 0 Å². The smallest absolute Gasteiger partial charge is 0.190 e. The number of benzene rings is 2.